The normalized spacial score (nSPS) is 10.2. The quantitative estimate of drug-likeness (QED) is 0.110. The lowest BCUT2D eigenvalue weighted by Gasteiger charge is -2.10. The number of aromatic hydroxyl groups is 1. The van der Waals surface area contributed by atoms with Gasteiger partial charge in [0.15, 0.2) is 0 Å². The fraction of sp³-hybridized carbons (Fsp3) is 0.120. The van der Waals surface area contributed by atoms with Crippen molar-refractivity contribution >= 4 is 11.8 Å². The van der Waals surface area contributed by atoms with Crippen LogP contribution in [0.4, 0.5) is 0 Å². The number of hydrogen-bond acceptors (Lipinski definition) is 4. The molecule has 7 aromatic carbocycles. The van der Waals surface area contributed by atoms with Crippen molar-refractivity contribution in [3.8, 4) is 33.8 Å². The molecule has 0 saturated heterocycles. The maximum absolute atomic E-state index is 12.4. The summed E-state index contributed by atoms with van der Waals surface area (Å²) in [6.45, 7) is 1.41. The molecule has 0 saturated carbocycles. The first-order chi connectivity index (χ1) is 27.0. The van der Waals surface area contributed by atoms with E-state index in [0.717, 1.165) is 50.3 Å². The van der Waals surface area contributed by atoms with Gasteiger partial charge in [-0.1, -0.05) is 171 Å². The molecule has 0 heterocycles. The van der Waals surface area contributed by atoms with Crippen LogP contribution in [0.25, 0.3) is 22.3 Å². The monoisotopic (exact) mass is 740 g/mol. The largest absolute Gasteiger partial charge is 0.508 e. The fourth-order valence-electron chi connectivity index (χ4n) is 5.94. The second kappa shape index (κ2) is 21.1. The van der Waals surface area contributed by atoms with Crippen molar-refractivity contribution in [2.45, 2.75) is 40.0 Å². The van der Waals surface area contributed by atoms with Gasteiger partial charge in [-0.15, -0.1) is 0 Å². The van der Waals surface area contributed by atoms with Crippen LogP contribution in [0.2, 0.25) is 0 Å². The predicted molar refractivity (Wildman–Crippen MR) is 227 cm³/mol. The highest BCUT2D eigenvalue weighted by Crippen LogP contribution is 2.21. The Labute approximate surface area is 330 Å². The zero-order valence-corrected chi connectivity index (χ0v) is 30.6. The van der Waals surface area contributed by atoms with Crippen molar-refractivity contribution in [2.24, 2.45) is 0 Å². The van der Waals surface area contributed by atoms with E-state index in [4.69, 9.17) is 4.74 Å². The Morgan fingerprint density at radius 3 is 1.32 bits per heavy atom. The number of hydrogen-bond donors (Lipinski definition) is 3. The lowest BCUT2D eigenvalue weighted by atomic mass is 10.0. The SMILES string of the molecule is C.O=C(Cc1ccc(-c2ccccc2)cc1)NCc1cccc(O)c1.O=C(Cc1ccc(-c2ccccc2)cc1)NCc1cccc(OCc2ccccc2)c1. The van der Waals surface area contributed by atoms with Gasteiger partial charge in [0.1, 0.15) is 18.1 Å². The van der Waals surface area contributed by atoms with E-state index in [-0.39, 0.29) is 25.0 Å². The van der Waals surface area contributed by atoms with Crippen LogP contribution in [0.15, 0.2) is 188 Å². The van der Waals surface area contributed by atoms with Crippen LogP contribution in [0.5, 0.6) is 11.5 Å². The van der Waals surface area contributed by atoms with Gasteiger partial charge in [0.2, 0.25) is 11.8 Å². The molecule has 0 aromatic heterocycles. The molecular formula is C50H48N2O4. The number of nitrogens with one attached hydrogen (secondary N) is 2. The van der Waals surface area contributed by atoms with E-state index in [1.165, 1.54) is 5.56 Å². The Hall–Kier alpha value is -6.92. The third-order valence-corrected chi connectivity index (χ3v) is 8.89. The van der Waals surface area contributed by atoms with Crippen LogP contribution in [-0.4, -0.2) is 16.9 Å². The van der Waals surface area contributed by atoms with E-state index in [1.807, 2.05) is 133 Å². The Morgan fingerprint density at radius 1 is 0.429 bits per heavy atom. The zero-order chi connectivity index (χ0) is 38.1. The van der Waals surface area contributed by atoms with Crippen LogP contribution < -0.4 is 15.4 Å². The van der Waals surface area contributed by atoms with Crippen molar-refractivity contribution in [3.05, 3.63) is 216 Å². The van der Waals surface area contributed by atoms with Crippen molar-refractivity contribution in [2.75, 3.05) is 0 Å². The lowest BCUT2D eigenvalue weighted by molar-refractivity contribution is -0.121. The van der Waals surface area contributed by atoms with Gasteiger partial charge in [-0.2, -0.15) is 0 Å². The van der Waals surface area contributed by atoms with Gasteiger partial charge in [-0.3, -0.25) is 9.59 Å². The molecule has 0 radical (unpaired) electrons. The molecule has 0 aliphatic rings. The molecule has 3 N–H and O–H groups in total. The number of ether oxygens (including phenoxy) is 1. The van der Waals surface area contributed by atoms with Crippen molar-refractivity contribution in [1.29, 1.82) is 0 Å². The number of rotatable bonds is 13. The summed E-state index contributed by atoms with van der Waals surface area (Å²) in [6, 6.07) is 61.4. The highest BCUT2D eigenvalue weighted by atomic mass is 16.5. The van der Waals surface area contributed by atoms with Crippen molar-refractivity contribution < 1.29 is 19.4 Å². The molecule has 56 heavy (non-hydrogen) atoms. The van der Waals surface area contributed by atoms with Gasteiger partial charge in [0.25, 0.3) is 0 Å². The number of carbonyl (C=O) groups is 2. The van der Waals surface area contributed by atoms with Gasteiger partial charge in [0.05, 0.1) is 12.8 Å². The maximum atomic E-state index is 12.4. The second-order valence-electron chi connectivity index (χ2n) is 13.1. The molecule has 6 nitrogen and oxygen atoms in total. The molecule has 0 fully saturated rings. The first kappa shape index (κ1) is 40.3. The summed E-state index contributed by atoms with van der Waals surface area (Å²) in [4.78, 5) is 24.4. The molecule has 0 aliphatic heterocycles. The standard InChI is InChI=1S/C28H25NO2.C21H19NO2.CH4/c30-28(19-22-14-16-26(17-15-22)25-11-5-2-6-12-25)29-20-24-10-7-13-27(18-24)31-21-23-8-3-1-4-9-23;23-20-8-4-5-17(13-20)15-22-21(24)14-16-9-11-19(12-10-16)18-6-2-1-3-7-18;/h1-18H,19-21H2,(H,29,30);1-13,23H,14-15H2,(H,22,24);1H4. The van der Waals surface area contributed by atoms with Gasteiger partial charge < -0.3 is 20.5 Å². The van der Waals surface area contributed by atoms with E-state index in [2.05, 4.69) is 47.0 Å². The van der Waals surface area contributed by atoms with Gasteiger partial charge >= 0.3 is 0 Å². The van der Waals surface area contributed by atoms with Crippen molar-refractivity contribution in [1.82, 2.24) is 10.6 Å². The summed E-state index contributed by atoms with van der Waals surface area (Å²) in [5.74, 6) is 0.972. The maximum Gasteiger partial charge on any atom is 0.224 e. The summed E-state index contributed by atoms with van der Waals surface area (Å²) in [5, 5.41) is 15.3. The Morgan fingerprint density at radius 2 is 0.839 bits per heavy atom. The van der Waals surface area contributed by atoms with Crippen molar-refractivity contribution in [3.63, 3.8) is 0 Å². The first-order valence-electron chi connectivity index (χ1n) is 18.3. The van der Waals surface area contributed by atoms with Crippen LogP contribution >= 0.6 is 0 Å². The first-order valence-corrected chi connectivity index (χ1v) is 18.3. The van der Waals surface area contributed by atoms with E-state index in [9.17, 15) is 14.7 Å². The second-order valence-corrected chi connectivity index (χ2v) is 13.1. The average Bonchev–Trinajstić information content (AvgIpc) is 3.23. The van der Waals surface area contributed by atoms with Gasteiger partial charge in [0, 0.05) is 13.1 Å². The minimum atomic E-state index is -0.0363. The summed E-state index contributed by atoms with van der Waals surface area (Å²) in [7, 11) is 0. The summed E-state index contributed by atoms with van der Waals surface area (Å²) < 4.78 is 5.87. The van der Waals surface area contributed by atoms with Crippen LogP contribution in [0, 0.1) is 0 Å². The Balaban J connectivity index is 0.000000217. The highest BCUT2D eigenvalue weighted by Gasteiger charge is 2.07. The number of phenolic OH excluding ortho intramolecular Hbond substituents is 1. The van der Waals surface area contributed by atoms with E-state index < -0.39 is 0 Å². The zero-order valence-electron chi connectivity index (χ0n) is 30.6. The third-order valence-electron chi connectivity index (χ3n) is 8.89. The van der Waals surface area contributed by atoms with Crippen LogP contribution in [0.3, 0.4) is 0 Å². The average molecular weight is 741 g/mol. The number of benzene rings is 7. The molecule has 0 unspecified atom stereocenters. The minimum Gasteiger partial charge on any atom is -0.508 e. The molecule has 7 rings (SSSR count). The molecule has 7 aromatic rings. The highest BCUT2D eigenvalue weighted by molar-refractivity contribution is 5.79. The van der Waals surface area contributed by atoms with Gasteiger partial charge in [-0.25, -0.2) is 0 Å². The molecule has 0 spiro atoms. The molecule has 2 amide bonds. The lowest BCUT2D eigenvalue weighted by Crippen LogP contribution is -2.24. The van der Waals surface area contributed by atoms with Gasteiger partial charge in [-0.05, 0) is 74.3 Å². The number of carbonyl (C=O) groups excluding carboxylic acids is 2. The topological polar surface area (TPSA) is 87.7 Å². The summed E-state index contributed by atoms with van der Waals surface area (Å²) in [5.41, 5.74) is 9.61. The van der Waals surface area contributed by atoms with E-state index in [0.29, 0.717) is 32.5 Å². The Bertz CT molecular complexity index is 2240. The van der Waals surface area contributed by atoms with Crippen LogP contribution in [-0.2, 0) is 42.1 Å². The van der Waals surface area contributed by atoms with E-state index >= 15 is 0 Å². The molecular weight excluding hydrogens is 693 g/mol. The molecule has 0 bridgehead atoms. The summed E-state index contributed by atoms with van der Waals surface area (Å²) >= 11 is 0. The predicted octanol–water partition coefficient (Wildman–Crippen LogP) is 10.3. The Kier molecular flexibility index (Phi) is 15.2. The molecule has 0 aliphatic carbocycles. The molecule has 0 atom stereocenters. The van der Waals surface area contributed by atoms with E-state index in [1.54, 1.807) is 18.2 Å². The summed E-state index contributed by atoms with van der Waals surface area (Å²) in [6.07, 6.45) is 0.702. The molecule has 6 heteroatoms. The number of amides is 2. The van der Waals surface area contributed by atoms with Crippen LogP contribution in [0.1, 0.15) is 35.2 Å². The molecule has 282 valence electrons. The third kappa shape index (κ3) is 12.9. The minimum absolute atomic E-state index is 0. The smallest absolute Gasteiger partial charge is 0.224 e. The fourth-order valence-corrected chi connectivity index (χ4v) is 5.94. The number of phenols is 1.